The van der Waals surface area contributed by atoms with Gasteiger partial charge >= 0.3 is 29.6 Å². The van der Waals surface area contributed by atoms with Gasteiger partial charge in [0.2, 0.25) is 0 Å². The molecule has 0 aromatic heterocycles. The van der Waals surface area contributed by atoms with E-state index in [4.69, 9.17) is 0 Å². The molecule has 2 atom stereocenters. The third-order valence-corrected chi connectivity index (χ3v) is 6.28. The summed E-state index contributed by atoms with van der Waals surface area (Å²) in [4.78, 5) is 13.9. The number of hydrogen-bond donors (Lipinski definition) is 0. The number of carboxylic acid groups (broad SMARTS) is 1. The molecule has 0 bridgehead atoms. The van der Waals surface area contributed by atoms with E-state index < -0.39 is 5.97 Å². The van der Waals surface area contributed by atoms with Crippen molar-refractivity contribution in [1.29, 1.82) is 0 Å². The number of nitrogens with zero attached hydrogens (tertiary/aromatic N) is 1. The van der Waals surface area contributed by atoms with E-state index >= 15 is 0 Å². The molecule has 0 N–H and O–H groups in total. The van der Waals surface area contributed by atoms with Gasteiger partial charge in [0.25, 0.3) is 0 Å². The van der Waals surface area contributed by atoms with E-state index in [1.54, 1.807) is 0 Å². The molecular weight excluding hydrogens is 381 g/mol. The van der Waals surface area contributed by atoms with Crippen molar-refractivity contribution in [2.24, 2.45) is 0 Å². The zero-order valence-corrected chi connectivity index (χ0v) is 23.4. The Balaban J connectivity index is 0. The van der Waals surface area contributed by atoms with Gasteiger partial charge in [-0.3, -0.25) is 4.90 Å². The van der Waals surface area contributed by atoms with Crippen LogP contribution in [0.3, 0.4) is 0 Å². The maximum atomic E-state index is 11.6. The largest absolute Gasteiger partial charge is 1.00 e. The molecule has 0 rings (SSSR count). The van der Waals surface area contributed by atoms with Crippen molar-refractivity contribution in [3.05, 3.63) is 0 Å². The van der Waals surface area contributed by atoms with Gasteiger partial charge in [-0.25, -0.2) is 0 Å². The van der Waals surface area contributed by atoms with E-state index in [1.165, 1.54) is 77.0 Å². The molecule has 0 aliphatic heterocycles. The van der Waals surface area contributed by atoms with Crippen molar-refractivity contribution >= 4 is 5.97 Å². The van der Waals surface area contributed by atoms with Crippen LogP contribution in [0.4, 0.5) is 0 Å². The predicted octanol–water partition coefficient (Wildman–Crippen LogP) is 3.88. The molecule has 0 radical (unpaired) electrons. The van der Waals surface area contributed by atoms with Crippen LogP contribution in [0.25, 0.3) is 0 Å². The Labute approximate surface area is 211 Å². The van der Waals surface area contributed by atoms with E-state index in [0.717, 1.165) is 38.5 Å². The monoisotopic (exact) mass is 433 g/mol. The number of carbonyl (C=O) groups excluding carboxylic acids is 1. The fourth-order valence-electron chi connectivity index (χ4n) is 4.64. The quantitative estimate of drug-likeness (QED) is 0.192. The molecule has 0 aromatic rings. The number of hydrogen-bond acceptors (Lipinski definition) is 3. The van der Waals surface area contributed by atoms with Gasteiger partial charge in [-0.1, -0.05) is 118 Å². The zero-order chi connectivity index (χ0) is 21.7. The van der Waals surface area contributed by atoms with Crippen LogP contribution in [0.2, 0.25) is 0 Å². The van der Waals surface area contributed by atoms with Crippen molar-refractivity contribution in [1.82, 2.24) is 4.90 Å². The van der Waals surface area contributed by atoms with E-state index in [0.29, 0.717) is 12.1 Å². The van der Waals surface area contributed by atoms with Gasteiger partial charge in [0.1, 0.15) is 0 Å². The van der Waals surface area contributed by atoms with Gasteiger partial charge in [0.15, 0.2) is 0 Å². The Morgan fingerprint density at radius 2 is 0.967 bits per heavy atom. The summed E-state index contributed by atoms with van der Waals surface area (Å²) in [7, 11) is 0. The summed E-state index contributed by atoms with van der Waals surface area (Å²) < 4.78 is 0. The van der Waals surface area contributed by atoms with E-state index in [-0.39, 0.29) is 36.1 Å². The van der Waals surface area contributed by atoms with E-state index in [1.807, 2.05) is 0 Å². The third kappa shape index (κ3) is 18.0. The molecule has 0 aliphatic carbocycles. The summed E-state index contributed by atoms with van der Waals surface area (Å²) >= 11 is 0. The minimum atomic E-state index is -0.905. The molecule has 0 saturated carbocycles. The van der Waals surface area contributed by atoms with Crippen LogP contribution in [0.1, 0.15) is 143 Å². The Hall–Kier alpha value is 0.430. The van der Waals surface area contributed by atoms with Crippen LogP contribution in [-0.2, 0) is 4.79 Å². The molecule has 0 heterocycles. The van der Waals surface area contributed by atoms with Crippen LogP contribution < -0.4 is 34.7 Å². The fraction of sp³-hybridized carbons (Fsp3) is 0.962. The second-order valence-corrected chi connectivity index (χ2v) is 9.04. The minimum Gasteiger partial charge on any atom is -0.549 e. The molecule has 0 spiro atoms. The average Bonchev–Trinajstić information content (AvgIpc) is 2.69. The molecule has 0 aliphatic rings. The summed E-state index contributed by atoms with van der Waals surface area (Å²) in [5, 5.41) is 11.6. The Morgan fingerprint density at radius 3 is 1.30 bits per heavy atom. The zero-order valence-electron chi connectivity index (χ0n) is 21.4. The van der Waals surface area contributed by atoms with Gasteiger partial charge < -0.3 is 9.90 Å². The number of aliphatic carboxylic acids is 1. The maximum absolute atomic E-state index is 11.6. The molecule has 30 heavy (non-hydrogen) atoms. The Kier molecular flexibility index (Phi) is 26.2. The molecule has 0 fully saturated rings. The first-order chi connectivity index (χ1) is 14.1. The predicted molar refractivity (Wildman–Crippen MR) is 125 cm³/mol. The molecule has 3 nitrogen and oxygen atoms in total. The van der Waals surface area contributed by atoms with E-state index in [9.17, 15) is 9.90 Å². The number of carbonyl (C=O) groups is 1. The smallest absolute Gasteiger partial charge is 0.549 e. The second kappa shape index (κ2) is 24.1. The summed E-state index contributed by atoms with van der Waals surface area (Å²) in [6, 6.07) is 0.807. The second-order valence-electron chi connectivity index (χ2n) is 9.04. The van der Waals surface area contributed by atoms with Crippen molar-refractivity contribution in [2.75, 3.05) is 6.54 Å². The SMILES string of the molecule is CCCCCCCCC(CCC)N(CC(=O)[O-])C(CCC)CCCCCCCC.[Na+]. The van der Waals surface area contributed by atoms with Crippen LogP contribution >= 0.6 is 0 Å². The first-order valence-corrected chi connectivity index (χ1v) is 13.1. The van der Waals surface area contributed by atoms with Crippen LogP contribution in [0.15, 0.2) is 0 Å². The minimum absolute atomic E-state index is 0. The molecular formula is C26H52NNaO2. The number of carboxylic acids is 1. The maximum Gasteiger partial charge on any atom is 1.00 e. The van der Waals surface area contributed by atoms with Crippen LogP contribution in [-0.4, -0.2) is 29.5 Å². The van der Waals surface area contributed by atoms with Gasteiger partial charge in [-0.05, 0) is 25.7 Å². The molecule has 4 heteroatoms. The number of unbranched alkanes of at least 4 members (excludes halogenated alkanes) is 10. The average molecular weight is 434 g/mol. The van der Waals surface area contributed by atoms with Gasteiger partial charge in [0.05, 0.1) is 5.97 Å². The molecule has 174 valence electrons. The Bertz CT molecular complexity index is 339. The van der Waals surface area contributed by atoms with Gasteiger partial charge in [0, 0.05) is 18.6 Å². The molecule has 0 amide bonds. The van der Waals surface area contributed by atoms with Crippen molar-refractivity contribution < 1.29 is 39.5 Å². The summed E-state index contributed by atoms with van der Waals surface area (Å²) in [5.74, 6) is -0.905. The Morgan fingerprint density at radius 1 is 0.600 bits per heavy atom. The number of rotatable bonds is 22. The molecule has 0 aromatic carbocycles. The van der Waals surface area contributed by atoms with Crippen molar-refractivity contribution in [3.63, 3.8) is 0 Å². The fourth-order valence-corrected chi connectivity index (χ4v) is 4.64. The first-order valence-electron chi connectivity index (χ1n) is 13.1. The summed E-state index contributed by atoms with van der Waals surface area (Å²) in [6.45, 7) is 9.09. The van der Waals surface area contributed by atoms with E-state index in [2.05, 4.69) is 32.6 Å². The normalized spacial score (nSPS) is 13.2. The molecule has 2 unspecified atom stereocenters. The first kappa shape index (κ1) is 32.6. The topological polar surface area (TPSA) is 43.4 Å². The standard InChI is InChI=1S/C26H53NO2.Na/c1-5-9-11-13-15-17-21-24(19-7-3)27(23-26(28)29)25(20-8-4)22-18-16-14-12-10-6-2;/h24-25H,5-23H2,1-4H3,(H,28,29);/q;+1/p-1. The summed E-state index contributed by atoms with van der Waals surface area (Å²) in [6.07, 6.45) is 22.4. The van der Waals surface area contributed by atoms with Crippen LogP contribution in [0, 0.1) is 0 Å². The molecule has 0 saturated heterocycles. The van der Waals surface area contributed by atoms with Crippen LogP contribution in [0.5, 0.6) is 0 Å². The van der Waals surface area contributed by atoms with Crippen molar-refractivity contribution in [2.45, 2.75) is 155 Å². The van der Waals surface area contributed by atoms with Gasteiger partial charge in [-0.2, -0.15) is 0 Å². The summed E-state index contributed by atoms with van der Waals surface area (Å²) in [5.41, 5.74) is 0. The van der Waals surface area contributed by atoms with Crippen molar-refractivity contribution in [3.8, 4) is 0 Å². The van der Waals surface area contributed by atoms with Gasteiger partial charge in [-0.15, -0.1) is 0 Å². The third-order valence-electron chi connectivity index (χ3n) is 6.28.